The Kier molecular flexibility index (Phi) is 8.96. The van der Waals surface area contributed by atoms with Crippen LogP contribution in [-0.2, 0) is 4.79 Å². The van der Waals surface area contributed by atoms with E-state index in [0.717, 1.165) is 24.9 Å². The highest BCUT2D eigenvalue weighted by molar-refractivity contribution is 6.33. The number of carbonyl (C=O) groups excluding carboxylic acids is 2. The Morgan fingerprint density at radius 1 is 1.14 bits per heavy atom. The number of likely N-dealkylation sites (tertiary alicyclic amines) is 1. The lowest BCUT2D eigenvalue weighted by Crippen LogP contribution is -2.47. The van der Waals surface area contributed by atoms with E-state index in [1.165, 1.54) is 0 Å². The van der Waals surface area contributed by atoms with Crippen LogP contribution < -0.4 is 10.6 Å². The van der Waals surface area contributed by atoms with E-state index >= 15 is 0 Å². The molecule has 0 radical (unpaired) electrons. The third-order valence-corrected chi connectivity index (χ3v) is 5.52. The molecule has 2 N–H and O–H groups in total. The van der Waals surface area contributed by atoms with E-state index in [1.54, 1.807) is 24.3 Å². The van der Waals surface area contributed by atoms with E-state index in [0.29, 0.717) is 23.2 Å². The van der Waals surface area contributed by atoms with Gasteiger partial charge >= 0.3 is 0 Å². The number of hydrogen-bond donors (Lipinski definition) is 2. The maximum atomic E-state index is 12.9. The minimum atomic E-state index is -0.410. The molecule has 5 nitrogen and oxygen atoms in total. The van der Waals surface area contributed by atoms with E-state index in [2.05, 4.69) is 10.6 Å². The molecule has 0 bridgehead atoms. The first-order valence-corrected chi connectivity index (χ1v) is 10.0. The molecule has 2 aromatic carbocycles. The van der Waals surface area contributed by atoms with Crippen molar-refractivity contribution < 1.29 is 9.59 Å². The van der Waals surface area contributed by atoms with Gasteiger partial charge < -0.3 is 15.5 Å². The van der Waals surface area contributed by atoms with Crippen LogP contribution >= 0.6 is 24.0 Å². The molecule has 29 heavy (non-hydrogen) atoms. The van der Waals surface area contributed by atoms with Gasteiger partial charge in [-0.2, -0.15) is 0 Å². The van der Waals surface area contributed by atoms with Gasteiger partial charge in [-0.1, -0.05) is 54.1 Å². The van der Waals surface area contributed by atoms with Crippen molar-refractivity contribution in [3.63, 3.8) is 0 Å². The second-order valence-corrected chi connectivity index (χ2v) is 7.50. The average molecular weight is 436 g/mol. The minimum absolute atomic E-state index is 0. The molecule has 2 amide bonds. The third-order valence-electron chi connectivity index (χ3n) is 5.19. The molecule has 0 spiro atoms. The number of benzene rings is 2. The lowest BCUT2D eigenvalue weighted by molar-refractivity contribution is -0.133. The SMILES string of the molecule is CNC1CCCN(C(=O)CC(NC(=O)c2ccccc2Cl)c2ccccc2)C1.Cl. The number of amides is 2. The largest absolute Gasteiger partial charge is 0.345 e. The molecular formula is C22H27Cl2N3O2. The van der Waals surface area contributed by atoms with Crippen LogP contribution in [-0.4, -0.2) is 42.9 Å². The molecule has 156 valence electrons. The average Bonchev–Trinajstić information content (AvgIpc) is 2.74. The van der Waals surface area contributed by atoms with Gasteiger partial charge in [0.1, 0.15) is 0 Å². The fourth-order valence-corrected chi connectivity index (χ4v) is 3.78. The Hall–Kier alpha value is -2.08. The normalized spacial score (nSPS) is 17.2. The lowest BCUT2D eigenvalue weighted by Gasteiger charge is -2.33. The van der Waals surface area contributed by atoms with Crippen molar-refractivity contribution in [2.24, 2.45) is 0 Å². The zero-order valence-corrected chi connectivity index (χ0v) is 18.0. The maximum absolute atomic E-state index is 12.9. The van der Waals surface area contributed by atoms with Crippen LogP contribution in [0.15, 0.2) is 54.6 Å². The van der Waals surface area contributed by atoms with Crippen molar-refractivity contribution >= 4 is 35.8 Å². The molecular weight excluding hydrogens is 409 g/mol. The lowest BCUT2D eigenvalue weighted by atomic mass is 10.0. The summed E-state index contributed by atoms with van der Waals surface area (Å²) < 4.78 is 0. The summed E-state index contributed by atoms with van der Waals surface area (Å²) in [4.78, 5) is 27.6. The highest BCUT2D eigenvalue weighted by atomic mass is 35.5. The zero-order chi connectivity index (χ0) is 19.9. The molecule has 0 aromatic heterocycles. The highest BCUT2D eigenvalue weighted by Gasteiger charge is 2.26. The Balaban J connectivity index is 0.00000300. The first-order chi connectivity index (χ1) is 13.6. The van der Waals surface area contributed by atoms with Gasteiger partial charge in [0.15, 0.2) is 0 Å². The van der Waals surface area contributed by atoms with Crippen molar-refractivity contribution in [1.82, 2.24) is 15.5 Å². The van der Waals surface area contributed by atoms with Crippen molar-refractivity contribution in [1.29, 1.82) is 0 Å². The van der Waals surface area contributed by atoms with Crippen molar-refractivity contribution in [2.45, 2.75) is 31.3 Å². The number of nitrogens with zero attached hydrogens (tertiary/aromatic N) is 1. The van der Waals surface area contributed by atoms with Gasteiger partial charge in [-0.3, -0.25) is 9.59 Å². The van der Waals surface area contributed by atoms with Crippen LogP contribution in [0.25, 0.3) is 0 Å². The Morgan fingerprint density at radius 2 is 1.83 bits per heavy atom. The summed E-state index contributed by atoms with van der Waals surface area (Å²) in [5, 5.41) is 6.65. The molecule has 0 aliphatic carbocycles. The van der Waals surface area contributed by atoms with Crippen LogP contribution in [0.3, 0.4) is 0 Å². The Bertz CT molecular complexity index is 817. The van der Waals surface area contributed by atoms with Crippen LogP contribution in [0.1, 0.15) is 41.2 Å². The second kappa shape index (κ2) is 11.2. The second-order valence-electron chi connectivity index (χ2n) is 7.09. The van der Waals surface area contributed by atoms with Crippen LogP contribution in [0.5, 0.6) is 0 Å². The monoisotopic (exact) mass is 435 g/mol. The van der Waals surface area contributed by atoms with Crippen molar-refractivity contribution in [3.05, 3.63) is 70.7 Å². The molecule has 2 atom stereocenters. The first kappa shape index (κ1) is 23.2. The summed E-state index contributed by atoms with van der Waals surface area (Å²) in [5.41, 5.74) is 1.31. The van der Waals surface area contributed by atoms with E-state index in [1.807, 2.05) is 42.3 Å². The summed E-state index contributed by atoms with van der Waals surface area (Å²) >= 11 is 6.17. The Morgan fingerprint density at radius 3 is 2.52 bits per heavy atom. The summed E-state index contributed by atoms with van der Waals surface area (Å²) in [5.74, 6) is -0.229. The van der Waals surface area contributed by atoms with Gasteiger partial charge in [0, 0.05) is 19.1 Å². The molecule has 1 aliphatic heterocycles. The fourth-order valence-electron chi connectivity index (χ4n) is 3.56. The van der Waals surface area contributed by atoms with E-state index < -0.39 is 6.04 Å². The topological polar surface area (TPSA) is 61.4 Å². The van der Waals surface area contributed by atoms with Crippen LogP contribution in [0, 0.1) is 0 Å². The van der Waals surface area contributed by atoms with Gasteiger partial charge in [0.05, 0.1) is 23.0 Å². The van der Waals surface area contributed by atoms with Crippen LogP contribution in [0.2, 0.25) is 5.02 Å². The highest BCUT2D eigenvalue weighted by Crippen LogP contribution is 2.22. The third kappa shape index (κ3) is 6.20. The fraction of sp³-hybridized carbons (Fsp3) is 0.364. The number of halogens is 2. The summed E-state index contributed by atoms with van der Waals surface area (Å²) in [6.07, 6.45) is 2.28. The van der Waals surface area contributed by atoms with Gasteiger partial charge in [0.2, 0.25) is 5.91 Å². The summed E-state index contributed by atoms with van der Waals surface area (Å²) in [6, 6.07) is 16.4. The molecule has 0 saturated carbocycles. The molecule has 1 saturated heterocycles. The molecule has 1 fully saturated rings. The molecule has 2 aromatic rings. The smallest absolute Gasteiger partial charge is 0.253 e. The quantitative estimate of drug-likeness (QED) is 0.724. The number of carbonyl (C=O) groups is 2. The van der Waals surface area contributed by atoms with Crippen LogP contribution in [0.4, 0.5) is 0 Å². The minimum Gasteiger partial charge on any atom is -0.345 e. The predicted molar refractivity (Wildman–Crippen MR) is 119 cm³/mol. The summed E-state index contributed by atoms with van der Waals surface area (Å²) in [7, 11) is 1.93. The molecule has 7 heteroatoms. The summed E-state index contributed by atoms with van der Waals surface area (Å²) in [6.45, 7) is 1.46. The van der Waals surface area contributed by atoms with Crippen molar-refractivity contribution in [2.75, 3.05) is 20.1 Å². The Labute approximate surface area is 183 Å². The molecule has 3 rings (SSSR count). The van der Waals surface area contributed by atoms with E-state index in [-0.39, 0.29) is 30.6 Å². The zero-order valence-electron chi connectivity index (χ0n) is 16.4. The van der Waals surface area contributed by atoms with Gasteiger partial charge in [-0.15, -0.1) is 12.4 Å². The van der Waals surface area contributed by atoms with E-state index in [9.17, 15) is 9.59 Å². The predicted octanol–water partition coefficient (Wildman–Crippen LogP) is 3.83. The number of nitrogens with one attached hydrogen (secondary N) is 2. The van der Waals surface area contributed by atoms with Crippen molar-refractivity contribution in [3.8, 4) is 0 Å². The molecule has 2 unspecified atom stereocenters. The number of hydrogen-bond acceptors (Lipinski definition) is 3. The van der Waals surface area contributed by atoms with Gasteiger partial charge in [0.25, 0.3) is 5.91 Å². The van der Waals surface area contributed by atoms with Gasteiger partial charge in [-0.25, -0.2) is 0 Å². The number of piperidine rings is 1. The first-order valence-electron chi connectivity index (χ1n) is 9.64. The standard InChI is InChI=1S/C22H26ClN3O2.ClH/c1-24-17-10-7-13-26(15-17)21(27)14-20(16-8-3-2-4-9-16)25-22(28)18-11-5-6-12-19(18)23;/h2-6,8-9,11-12,17,20,24H,7,10,13-15H2,1H3,(H,25,28);1H. The van der Waals surface area contributed by atoms with E-state index in [4.69, 9.17) is 11.6 Å². The number of likely N-dealkylation sites (N-methyl/N-ethyl adjacent to an activating group) is 1. The maximum Gasteiger partial charge on any atom is 0.253 e. The molecule has 1 aliphatic rings. The van der Waals surface area contributed by atoms with Gasteiger partial charge in [-0.05, 0) is 37.6 Å². The number of rotatable bonds is 6. The molecule has 1 heterocycles.